The van der Waals surface area contributed by atoms with E-state index in [-0.39, 0.29) is 16.2 Å². The summed E-state index contributed by atoms with van der Waals surface area (Å²) in [4.78, 5) is 0. The summed E-state index contributed by atoms with van der Waals surface area (Å²) in [5.41, 5.74) is 8.58. The second-order valence-corrected chi connectivity index (χ2v) is 16.3. The van der Waals surface area contributed by atoms with E-state index >= 15 is 0 Å². The fourth-order valence-corrected chi connectivity index (χ4v) is 7.41. The minimum atomic E-state index is 0.0442. The predicted octanol–water partition coefficient (Wildman–Crippen LogP) is 13.2. The molecule has 1 nitrogen and oxygen atoms in total. The van der Waals surface area contributed by atoms with Crippen molar-refractivity contribution in [3.8, 4) is 11.1 Å². The first kappa shape index (κ1) is 28.1. The molecular weight excluding hydrogens is 544 g/mol. The molecule has 1 heteroatoms. The lowest BCUT2D eigenvalue weighted by Gasteiger charge is -2.25. The first-order chi connectivity index (χ1) is 21.2. The number of benzene rings is 7. The molecule has 0 spiro atoms. The van der Waals surface area contributed by atoms with E-state index < -0.39 is 0 Å². The highest BCUT2D eigenvalue weighted by atomic mass is 16.3. The van der Waals surface area contributed by atoms with E-state index in [1.54, 1.807) is 0 Å². The number of furan rings is 1. The van der Waals surface area contributed by atoms with Gasteiger partial charge in [-0.25, -0.2) is 0 Å². The van der Waals surface area contributed by atoms with Crippen molar-refractivity contribution in [2.45, 2.75) is 78.6 Å². The third kappa shape index (κ3) is 4.20. The molecule has 7 aromatic carbocycles. The van der Waals surface area contributed by atoms with Crippen molar-refractivity contribution in [3.05, 3.63) is 108 Å². The molecule has 0 amide bonds. The molecule has 224 valence electrons. The van der Waals surface area contributed by atoms with Crippen LogP contribution in [-0.2, 0) is 16.2 Å². The van der Waals surface area contributed by atoms with Crippen LogP contribution in [0.3, 0.4) is 0 Å². The minimum Gasteiger partial charge on any atom is -0.456 e. The molecule has 0 atom stereocenters. The molecule has 0 saturated heterocycles. The van der Waals surface area contributed by atoms with Gasteiger partial charge >= 0.3 is 0 Å². The van der Waals surface area contributed by atoms with Crippen LogP contribution in [0.1, 0.15) is 79.0 Å². The lowest BCUT2D eigenvalue weighted by atomic mass is 9.78. The number of fused-ring (bicyclic) bond motifs is 5. The highest BCUT2D eigenvalue weighted by molar-refractivity contribution is 6.35. The summed E-state index contributed by atoms with van der Waals surface area (Å²) in [6, 6.07) is 34.7. The van der Waals surface area contributed by atoms with Crippen molar-refractivity contribution in [2.24, 2.45) is 0 Å². The summed E-state index contributed by atoms with van der Waals surface area (Å²) < 4.78 is 6.45. The topological polar surface area (TPSA) is 13.1 Å². The van der Waals surface area contributed by atoms with E-state index in [4.69, 9.17) is 4.42 Å². The zero-order valence-electron chi connectivity index (χ0n) is 28.1. The molecule has 0 aliphatic heterocycles. The van der Waals surface area contributed by atoms with Crippen LogP contribution in [0.2, 0.25) is 0 Å². The Morgan fingerprint density at radius 2 is 0.956 bits per heavy atom. The van der Waals surface area contributed by atoms with E-state index in [1.165, 1.54) is 81.7 Å². The van der Waals surface area contributed by atoms with Gasteiger partial charge in [0.2, 0.25) is 0 Å². The molecule has 0 aliphatic rings. The third-order valence-corrected chi connectivity index (χ3v) is 10.1. The van der Waals surface area contributed by atoms with E-state index in [9.17, 15) is 0 Å². The van der Waals surface area contributed by atoms with Gasteiger partial charge in [0.05, 0.1) is 0 Å². The van der Waals surface area contributed by atoms with E-state index in [0.717, 1.165) is 11.2 Å². The van der Waals surface area contributed by atoms with Gasteiger partial charge in [-0.3, -0.25) is 0 Å². The number of hydrogen-bond acceptors (Lipinski definition) is 1. The van der Waals surface area contributed by atoms with Crippen molar-refractivity contribution in [2.75, 3.05) is 0 Å². The van der Waals surface area contributed by atoms with Crippen molar-refractivity contribution in [3.63, 3.8) is 0 Å². The van der Waals surface area contributed by atoms with Crippen LogP contribution in [0.4, 0.5) is 0 Å². The van der Waals surface area contributed by atoms with Gasteiger partial charge in [-0.05, 0) is 117 Å². The van der Waals surface area contributed by atoms with E-state index in [2.05, 4.69) is 153 Å². The summed E-state index contributed by atoms with van der Waals surface area (Å²) in [6.07, 6.45) is 0. The largest absolute Gasteiger partial charge is 0.456 e. The van der Waals surface area contributed by atoms with Gasteiger partial charge in [-0.15, -0.1) is 0 Å². The van der Waals surface area contributed by atoms with Crippen LogP contribution in [0.5, 0.6) is 0 Å². The second kappa shape index (κ2) is 9.10. The smallest absolute Gasteiger partial charge is 0.136 e. The third-order valence-electron chi connectivity index (χ3n) is 10.1. The van der Waals surface area contributed by atoms with Crippen molar-refractivity contribution < 1.29 is 4.42 Å². The summed E-state index contributed by atoms with van der Waals surface area (Å²) in [5.74, 6) is 0. The van der Waals surface area contributed by atoms with Crippen LogP contribution >= 0.6 is 0 Å². The summed E-state index contributed by atoms with van der Waals surface area (Å²) in [7, 11) is 0. The van der Waals surface area contributed by atoms with Crippen LogP contribution in [0.25, 0.3) is 76.2 Å². The SMILES string of the molecule is CC(C)(C)c1ccc2oc3cccc(-c4ccc5c6cc(C(C)(C)C)cc7cc(C(C)(C)C)cc(c8cccc4c85)c76)c3c2c1. The van der Waals surface area contributed by atoms with Crippen LogP contribution in [0, 0.1) is 0 Å². The molecule has 0 fully saturated rings. The lowest BCUT2D eigenvalue weighted by Crippen LogP contribution is -2.12. The Labute approximate surface area is 266 Å². The van der Waals surface area contributed by atoms with E-state index in [1.807, 2.05) is 0 Å². The molecule has 45 heavy (non-hydrogen) atoms. The van der Waals surface area contributed by atoms with Crippen LogP contribution in [-0.4, -0.2) is 0 Å². The maximum atomic E-state index is 6.45. The highest BCUT2D eigenvalue weighted by Gasteiger charge is 2.24. The molecule has 0 radical (unpaired) electrons. The van der Waals surface area contributed by atoms with Crippen LogP contribution < -0.4 is 0 Å². The second-order valence-electron chi connectivity index (χ2n) is 16.3. The molecule has 8 rings (SSSR count). The van der Waals surface area contributed by atoms with Gasteiger partial charge in [0.15, 0.2) is 0 Å². The number of rotatable bonds is 1. The van der Waals surface area contributed by atoms with E-state index in [0.29, 0.717) is 0 Å². The Morgan fingerprint density at radius 3 is 1.60 bits per heavy atom. The normalized spacial score (nSPS) is 13.4. The van der Waals surface area contributed by atoms with Gasteiger partial charge < -0.3 is 4.42 Å². The minimum absolute atomic E-state index is 0.0442. The molecule has 0 N–H and O–H groups in total. The standard InChI is InChI=1S/C44H42O/c1-42(2,3)26-16-19-37-36(22-26)41-31(14-11-15-38(41)45-37)29-17-18-33-35-24-28(44(7,8)9)21-25-20-27(43(4,5)6)23-34(39(25)35)32-13-10-12-30(29)40(32)33/h10-24H,1-9H3. The first-order valence-electron chi connectivity index (χ1n) is 16.4. The van der Waals surface area contributed by atoms with Gasteiger partial charge in [-0.2, -0.15) is 0 Å². The molecule has 1 aromatic heterocycles. The first-order valence-corrected chi connectivity index (χ1v) is 16.4. The Hall–Kier alpha value is -4.36. The van der Waals surface area contributed by atoms with Gasteiger partial charge in [0.1, 0.15) is 11.2 Å². The molecule has 1 heterocycles. The number of hydrogen-bond donors (Lipinski definition) is 0. The Morgan fingerprint density at radius 1 is 0.378 bits per heavy atom. The molecule has 0 saturated carbocycles. The average molecular weight is 587 g/mol. The van der Waals surface area contributed by atoms with Crippen molar-refractivity contribution >= 4 is 65.0 Å². The van der Waals surface area contributed by atoms with Crippen molar-refractivity contribution in [1.82, 2.24) is 0 Å². The molecule has 0 aliphatic carbocycles. The highest BCUT2D eigenvalue weighted by Crippen LogP contribution is 2.47. The van der Waals surface area contributed by atoms with Gasteiger partial charge in [-0.1, -0.05) is 123 Å². The predicted molar refractivity (Wildman–Crippen MR) is 196 cm³/mol. The zero-order chi connectivity index (χ0) is 31.6. The monoisotopic (exact) mass is 586 g/mol. The average Bonchev–Trinajstić information content (AvgIpc) is 3.36. The Balaban J connectivity index is 1.53. The molecular formula is C44H42O. The molecule has 0 bridgehead atoms. The van der Waals surface area contributed by atoms with Crippen LogP contribution in [0.15, 0.2) is 95.4 Å². The maximum absolute atomic E-state index is 6.45. The summed E-state index contributed by atoms with van der Waals surface area (Å²) in [6.45, 7) is 20.8. The van der Waals surface area contributed by atoms with Crippen molar-refractivity contribution in [1.29, 1.82) is 0 Å². The van der Waals surface area contributed by atoms with Gasteiger partial charge in [0, 0.05) is 10.8 Å². The summed E-state index contributed by atoms with van der Waals surface area (Å²) >= 11 is 0. The molecule has 8 aromatic rings. The fraction of sp³-hybridized carbons (Fsp3) is 0.273. The Bertz CT molecular complexity index is 2400. The summed E-state index contributed by atoms with van der Waals surface area (Å²) in [5, 5.41) is 13.1. The van der Waals surface area contributed by atoms with Gasteiger partial charge in [0.25, 0.3) is 0 Å². The lowest BCUT2D eigenvalue weighted by molar-refractivity contribution is 0.590. The fourth-order valence-electron chi connectivity index (χ4n) is 7.41. The Kier molecular flexibility index (Phi) is 5.69. The molecule has 0 unspecified atom stereocenters. The maximum Gasteiger partial charge on any atom is 0.136 e. The quantitative estimate of drug-likeness (QED) is 0.138. The zero-order valence-corrected chi connectivity index (χ0v) is 28.1.